The number of halogens is 6. The zero-order chi connectivity index (χ0) is 27.7. The maximum absolute atomic E-state index is 15.0. The zero-order valence-corrected chi connectivity index (χ0v) is 22.8. The van der Waals surface area contributed by atoms with Crippen molar-refractivity contribution in [2.45, 2.75) is 37.3 Å². The average molecular weight is 607 g/mol. The molecule has 1 unspecified atom stereocenters. The molecule has 0 bridgehead atoms. The molecule has 0 saturated carbocycles. The first kappa shape index (κ1) is 27.4. The second-order valence-electron chi connectivity index (χ2n) is 9.75. The number of carboxylic acids is 1. The van der Waals surface area contributed by atoms with Gasteiger partial charge in [0.1, 0.15) is 11.5 Å². The molecule has 0 aromatic heterocycles. The first-order valence-corrected chi connectivity index (χ1v) is 13.3. The molecule has 0 aliphatic carbocycles. The number of nitrogens with one attached hydrogen (secondary N) is 1. The quantitative estimate of drug-likeness (QED) is 0.440. The summed E-state index contributed by atoms with van der Waals surface area (Å²) in [7, 11) is 0. The number of hydrogen-bond donors (Lipinski definition) is 2. The Kier molecular flexibility index (Phi) is 6.84. The summed E-state index contributed by atoms with van der Waals surface area (Å²) in [4.78, 5) is 43.3. The minimum absolute atomic E-state index is 0.0281. The summed E-state index contributed by atoms with van der Waals surface area (Å²) >= 11 is 24.9. The molecule has 0 radical (unpaired) electrons. The fraction of sp³-hybridized carbons (Fsp3) is 0.400. The van der Waals surface area contributed by atoms with Crippen LogP contribution in [0.3, 0.4) is 0 Å². The van der Waals surface area contributed by atoms with Gasteiger partial charge in [0.2, 0.25) is 5.91 Å². The van der Waals surface area contributed by atoms with Gasteiger partial charge >= 0.3 is 5.97 Å². The fourth-order valence-electron chi connectivity index (χ4n) is 6.25. The van der Waals surface area contributed by atoms with E-state index in [1.54, 1.807) is 6.92 Å². The number of hydrogen-bond acceptors (Lipinski definition) is 4. The van der Waals surface area contributed by atoms with Gasteiger partial charge in [0, 0.05) is 45.3 Å². The number of alkyl halides is 2. The SMILES string of the molecule is CCCN(C(=O)[C@@H]1C(C(=O)O)[C@@]2(C(=O)Nc3c(Cl)cc(Cl)cc32)N2CC(F)(F)C[C@H]12)c1cc(Cl)cc(Cl)c1. The zero-order valence-electron chi connectivity index (χ0n) is 19.8. The lowest BCUT2D eigenvalue weighted by Gasteiger charge is -2.36. The molecule has 2 aromatic rings. The molecule has 7 nitrogen and oxygen atoms in total. The minimum atomic E-state index is -3.28. The van der Waals surface area contributed by atoms with Crippen LogP contribution >= 0.6 is 46.4 Å². The molecule has 4 atom stereocenters. The van der Waals surface area contributed by atoms with Gasteiger partial charge < -0.3 is 15.3 Å². The van der Waals surface area contributed by atoms with E-state index in [1.807, 2.05) is 0 Å². The van der Waals surface area contributed by atoms with Crippen LogP contribution in [-0.4, -0.2) is 52.8 Å². The number of carbonyl (C=O) groups excluding carboxylic acids is 2. The number of anilines is 2. The van der Waals surface area contributed by atoms with Gasteiger partial charge in [-0.2, -0.15) is 0 Å². The van der Waals surface area contributed by atoms with Gasteiger partial charge in [0.05, 0.1) is 23.2 Å². The lowest BCUT2D eigenvalue weighted by molar-refractivity contribution is -0.153. The van der Waals surface area contributed by atoms with Crippen LogP contribution in [0.1, 0.15) is 25.3 Å². The van der Waals surface area contributed by atoms with Crippen LogP contribution in [0.25, 0.3) is 0 Å². The molecule has 38 heavy (non-hydrogen) atoms. The van der Waals surface area contributed by atoms with Gasteiger partial charge in [-0.15, -0.1) is 0 Å². The van der Waals surface area contributed by atoms with Crippen molar-refractivity contribution >= 4 is 75.6 Å². The van der Waals surface area contributed by atoms with Crippen LogP contribution < -0.4 is 10.2 Å². The number of carbonyl (C=O) groups is 3. The van der Waals surface area contributed by atoms with Crippen LogP contribution in [0.2, 0.25) is 20.1 Å². The smallest absolute Gasteiger partial charge is 0.310 e. The van der Waals surface area contributed by atoms with E-state index in [0.717, 1.165) is 4.90 Å². The van der Waals surface area contributed by atoms with Crippen LogP contribution in [0.15, 0.2) is 30.3 Å². The van der Waals surface area contributed by atoms with Crippen molar-refractivity contribution in [2.24, 2.45) is 11.8 Å². The number of carboxylic acid groups (broad SMARTS) is 1. The monoisotopic (exact) mass is 605 g/mol. The van der Waals surface area contributed by atoms with E-state index in [0.29, 0.717) is 6.42 Å². The summed E-state index contributed by atoms with van der Waals surface area (Å²) in [6, 6.07) is 5.88. The summed E-state index contributed by atoms with van der Waals surface area (Å²) in [6.45, 7) is 1.02. The Labute approximate surface area is 236 Å². The van der Waals surface area contributed by atoms with Crippen molar-refractivity contribution < 1.29 is 28.3 Å². The van der Waals surface area contributed by atoms with Crippen LogP contribution in [0, 0.1) is 11.8 Å². The van der Waals surface area contributed by atoms with Gasteiger partial charge in [-0.1, -0.05) is 53.3 Å². The molecule has 2 aromatic carbocycles. The molecular formula is C25H21Cl4F2N3O4. The van der Waals surface area contributed by atoms with Gasteiger partial charge in [-0.25, -0.2) is 8.78 Å². The topological polar surface area (TPSA) is 90.0 Å². The Bertz CT molecular complexity index is 1360. The molecule has 3 aliphatic heterocycles. The molecule has 2 N–H and O–H groups in total. The molecule has 5 rings (SSSR count). The molecule has 202 valence electrons. The molecule has 2 amide bonds. The molecule has 1 spiro atoms. The number of nitrogens with zero attached hydrogens (tertiary/aromatic N) is 2. The van der Waals surface area contributed by atoms with E-state index < -0.39 is 60.1 Å². The Morgan fingerprint density at radius 2 is 1.74 bits per heavy atom. The van der Waals surface area contributed by atoms with E-state index in [4.69, 9.17) is 46.4 Å². The standard InChI is InChI=1S/C25H21Cl4F2N3O4/c1-2-3-33(14-5-11(26)4-12(27)6-14)21(35)18-17-9-24(30,31)10-34(17)25(19(18)22(36)37)15-7-13(28)8-16(29)20(15)32-23(25)38/h4-8,17-19H,2-3,9-10H2,1H3,(H,32,38)(H,36,37)/t17-,18+,19?,25+/m1/s1. The maximum Gasteiger partial charge on any atom is 0.310 e. The maximum atomic E-state index is 15.0. The van der Waals surface area contributed by atoms with E-state index in [2.05, 4.69) is 5.32 Å². The highest BCUT2D eigenvalue weighted by atomic mass is 35.5. The predicted molar refractivity (Wildman–Crippen MR) is 141 cm³/mol. The first-order valence-electron chi connectivity index (χ1n) is 11.8. The largest absolute Gasteiger partial charge is 0.481 e. The van der Waals surface area contributed by atoms with Crippen LogP contribution in [0.4, 0.5) is 20.2 Å². The predicted octanol–water partition coefficient (Wildman–Crippen LogP) is 5.93. The summed E-state index contributed by atoms with van der Waals surface area (Å²) in [6.07, 6.45) is -0.341. The molecule has 2 saturated heterocycles. The van der Waals surface area contributed by atoms with Crippen molar-refractivity contribution in [3.8, 4) is 0 Å². The van der Waals surface area contributed by atoms with Gasteiger partial charge in [0.15, 0.2) is 0 Å². The number of fused-ring (bicyclic) bond motifs is 4. The molecule has 3 heterocycles. The van der Waals surface area contributed by atoms with E-state index >= 15 is 0 Å². The van der Waals surface area contributed by atoms with Crippen LogP contribution in [-0.2, 0) is 19.9 Å². The number of aliphatic carboxylic acids is 1. The second-order valence-corrected chi connectivity index (χ2v) is 11.5. The third kappa shape index (κ3) is 4.05. The molecular weight excluding hydrogens is 586 g/mol. The molecule has 2 fully saturated rings. The van der Waals surface area contributed by atoms with Crippen molar-refractivity contribution in [2.75, 3.05) is 23.3 Å². The number of rotatable bonds is 5. The molecule has 13 heteroatoms. The summed E-state index contributed by atoms with van der Waals surface area (Å²) in [5, 5.41) is 13.7. The average Bonchev–Trinajstić information content (AvgIpc) is 3.37. The third-order valence-corrected chi connectivity index (χ3v) is 8.41. The lowest BCUT2D eigenvalue weighted by Crippen LogP contribution is -2.54. The highest BCUT2D eigenvalue weighted by Gasteiger charge is 2.74. The number of amides is 2. The van der Waals surface area contributed by atoms with Crippen molar-refractivity contribution in [1.82, 2.24) is 4.90 Å². The number of benzene rings is 2. The van der Waals surface area contributed by atoms with Gasteiger partial charge in [-0.3, -0.25) is 19.3 Å². The summed E-state index contributed by atoms with van der Waals surface area (Å²) in [5.74, 6) is -9.58. The summed E-state index contributed by atoms with van der Waals surface area (Å²) < 4.78 is 29.9. The summed E-state index contributed by atoms with van der Waals surface area (Å²) in [5.41, 5.74) is -1.71. The van der Waals surface area contributed by atoms with Crippen LogP contribution in [0.5, 0.6) is 0 Å². The fourth-order valence-corrected chi connectivity index (χ4v) is 7.30. The van der Waals surface area contributed by atoms with E-state index in [1.165, 1.54) is 35.2 Å². The van der Waals surface area contributed by atoms with Crippen molar-refractivity contribution in [3.63, 3.8) is 0 Å². The highest BCUT2D eigenvalue weighted by molar-refractivity contribution is 6.38. The Hall–Kier alpha value is -2.17. The first-order chi connectivity index (χ1) is 17.8. The van der Waals surface area contributed by atoms with E-state index in [9.17, 15) is 28.3 Å². The Morgan fingerprint density at radius 1 is 1.11 bits per heavy atom. The second kappa shape index (κ2) is 9.48. The lowest BCUT2D eigenvalue weighted by atomic mass is 9.73. The van der Waals surface area contributed by atoms with Gasteiger partial charge in [0.25, 0.3) is 11.8 Å². The third-order valence-electron chi connectivity index (χ3n) is 7.46. The highest BCUT2D eigenvalue weighted by Crippen LogP contribution is 2.61. The van der Waals surface area contributed by atoms with E-state index in [-0.39, 0.29) is 43.6 Å². The van der Waals surface area contributed by atoms with Crippen molar-refractivity contribution in [3.05, 3.63) is 56.0 Å². The molecule has 3 aliphatic rings. The normalized spacial score (nSPS) is 27.3. The Morgan fingerprint density at radius 3 is 2.34 bits per heavy atom. The minimum Gasteiger partial charge on any atom is -0.481 e. The van der Waals surface area contributed by atoms with Gasteiger partial charge in [-0.05, 0) is 36.8 Å². The van der Waals surface area contributed by atoms with Crippen molar-refractivity contribution in [1.29, 1.82) is 0 Å². The Balaban J connectivity index is 1.73.